The van der Waals surface area contributed by atoms with Gasteiger partial charge in [0.15, 0.2) is 0 Å². The Bertz CT molecular complexity index is 1120. The Kier molecular flexibility index (Phi) is 4.26. The van der Waals surface area contributed by atoms with E-state index in [2.05, 4.69) is 10.6 Å². The number of nitrogens with one attached hydrogen (secondary N) is 2. The van der Waals surface area contributed by atoms with E-state index >= 15 is 0 Å². The molecule has 1 spiro atoms. The van der Waals surface area contributed by atoms with Gasteiger partial charge < -0.3 is 5.32 Å². The molecule has 3 heterocycles. The number of benzene rings is 2. The normalized spacial score (nSPS) is 29.7. The van der Waals surface area contributed by atoms with Crippen LogP contribution >= 0.6 is 23.2 Å². The minimum absolute atomic E-state index is 0.0176. The van der Waals surface area contributed by atoms with Crippen LogP contribution < -0.4 is 15.5 Å². The fourth-order valence-corrected chi connectivity index (χ4v) is 5.53. The van der Waals surface area contributed by atoms with Crippen LogP contribution in [0.4, 0.5) is 11.4 Å². The van der Waals surface area contributed by atoms with E-state index in [0.29, 0.717) is 16.3 Å². The third-order valence-electron chi connectivity index (χ3n) is 6.42. The lowest BCUT2D eigenvalue weighted by atomic mass is 9.76. The van der Waals surface area contributed by atoms with Crippen LogP contribution in [0.25, 0.3) is 0 Å². The third kappa shape index (κ3) is 2.38. The number of rotatable bonds is 2. The molecule has 0 radical (unpaired) electrons. The highest BCUT2D eigenvalue weighted by atomic mass is 35.5. The molecular formula is C22H19Cl2N3O3. The van der Waals surface area contributed by atoms with Crippen molar-refractivity contribution in [2.75, 3.05) is 10.2 Å². The van der Waals surface area contributed by atoms with E-state index in [9.17, 15) is 14.4 Å². The number of para-hydroxylation sites is 1. The van der Waals surface area contributed by atoms with Crippen molar-refractivity contribution in [1.82, 2.24) is 5.32 Å². The maximum Gasteiger partial charge on any atom is 0.250 e. The molecule has 5 rings (SSSR count). The predicted molar refractivity (Wildman–Crippen MR) is 114 cm³/mol. The number of fused-ring (bicyclic) bond motifs is 4. The van der Waals surface area contributed by atoms with Crippen LogP contribution in [0, 0.1) is 17.8 Å². The van der Waals surface area contributed by atoms with E-state index in [0.717, 1.165) is 4.90 Å². The predicted octanol–water partition coefficient (Wildman–Crippen LogP) is 3.57. The zero-order chi connectivity index (χ0) is 21.4. The first kappa shape index (κ1) is 19.5. The van der Waals surface area contributed by atoms with Gasteiger partial charge in [-0.25, -0.2) is 4.90 Å². The maximum absolute atomic E-state index is 13.7. The lowest BCUT2D eigenvalue weighted by Gasteiger charge is -2.30. The van der Waals surface area contributed by atoms with Gasteiger partial charge in [0.2, 0.25) is 17.7 Å². The topological polar surface area (TPSA) is 78.5 Å². The van der Waals surface area contributed by atoms with E-state index in [-0.39, 0.29) is 34.5 Å². The Morgan fingerprint density at radius 3 is 2.50 bits per heavy atom. The summed E-state index contributed by atoms with van der Waals surface area (Å²) < 4.78 is 0. The number of nitrogens with zero attached hydrogens (tertiary/aromatic N) is 1. The zero-order valence-electron chi connectivity index (χ0n) is 16.3. The van der Waals surface area contributed by atoms with Crippen LogP contribution in [0.2, 0.25) is 10.0 Å². The summed E-state index contributed by atoms with van der Waals surface area (Å²) in [6, 6.07) is 11.6. The standard InChI is InChI=1S/C22H19Cl2N3O3/c1-10(2)18-16-17(22(26-18)12-5-3-4-6-14(12)25-21(22)30)20(29)27(19(16)28)15-9-11(23)7-8-13(15)24/h3-10,16-18,26H,1-2H3,(H,25,30)/t16-,17+,18-,22-/m0/s1. The molecule has 8 heteroatoms. The molecule has 0 unspecified atom stereocenters. The summed E-state index contributed by atoms with van der Waals surface area (Å²) in [6.07, 6.45) is 0. The van der Waals surface area contributed by atoms with Crippen LogP contribution in [0.5, 0.6) is 0 Å². The van der Waals surface area contributed by atoms with Crippen molar-refractivity contribution >= 4 is 52.3 Å². The minimum Gasteiger partial charge on any atom is -0.324 e. The van der Waals surface area contributed by atoms with Gasteiger partial charge in [0.1, 0.15) is 5.54 Å². The molecule has 154 valence electrons. The Labute approximate surface area is 183 Å². The number of hydrogen-bond acceptors (Lipinski definition) is 4. The largest absolute Gasteiger partial charge is 0.324 e. The van der Waals surface area contributed by atoms with E-state index in [4.69, 9.17) is 23.2 Å². The highest BCUT2D eigenvalue weighted by Crippen LogP contribution is 2.54. The molecule has 30 heavy (non-hydrogen) atoms. The second kappa shape index (κ2) is 6.54. The highest BCUT2D eigenvalue weighted by Gasteiger charge is 2.71. The minimum atomic E-state index is -1.30. The molecule has 2 N–H and O–H groups in total. The lowest BCUT2D eigenvalue weighted by Crippen LogP contribution is -2.54. The van der Waals surface area contributed by atoms with Crippen molar-refractivity contribution in [3.05, 3.63) is 58.1 Å². The number of imide groups is 1. The highest BCUT2D eigenvalue weighted by molar-refractivity contribution is 6.38. The van der Waals surface area contributed by atoms with Gasteiger partial charge in [-0.3, -0.25) is 19.7 Å². The molecule has 0 aliphatic carbocycles. The summed E-state index contributed by atoms with van der Waals surface area (Å²) in [5.74, 6) is -2.68. The lowest BCUT2D eigenvalue weighted by molar-refractivity contribution is -0.130. The fraction of sp³-hybridized carbons (Fsp3) is 0.318. The first-order valence-corrected chi connectivity index (χ1v) is 10.5. The third-order valence-corrected chi connectivity index (χ3v) is 6.98. The van der Waals surface area contributed by atoms with Crippen molar-refractivity contribution in [2.24, 2.45) is 17.8 Å². The van der Waals surface area contributed by atoms with E-state index in [1.165, 1.54) is 6.07 Å². The first-order valence-electron chi connectivity index (χ1n) is 9.79. The summed E-state index contributed by atoms with van der Waals surface area (Å²) in [5.41, 5.74) is 0.284. The molecule has 2 saturated heterocycles. The summed E-state index contributed by atoms with van der Waals surface area (Å²) in [6.45, 7) is 3.94. The second-order valence-electron chi connectivity index (χ2n) is 8.33. The second-order valence-corrected chi connectivity index (χ2v) is 9.18. The molecule has 4 atom stereocenters. The molecule has 0 aromatic heterocycles. The molecule has 3 aliphatic rings. The monoisotopic (exact) mass is 443 g/mol. The van der Waals surface area contributed by atoms with Gasteiger partial charge in [0, 0.05) is 22.3 Å². The molecule has 2 fully saturated rings. The van der Waals surface area contributed by atoms with Gasteiger partial charge in [-0.2, -0.15) is 0 Å². The van der Waals surface area contributed by atoms with Crippen LogP contribution in [0.1, 0.15) is 19.4 Å². The Balaban J connectivity index is 1.71. The first-order chi connectivity index (χ1) is 14.3. The summed E-state index contributed by atoms with van der Waals surface area (Å²) in [7, 11) is 0. The number of halogens is 2. The van der Waals surface area contributed by atoms with Gasteiger partial charge in [-0.05, 0) is 30.2 Å². The van der Waals surface area contributed by atoms with Gasteiger partial charge in [-0.15, -0.1) is 0 Å². The van der Waals surface area contributed by atoms with Crippen LogP contribution in [-0.4, -0.2) is 23.8 Å². The Morgan fingerprint density at radius 1 is 1.03 bits per heavy atom. The average Bonchev–Trinajstić information content (AvgIpc) is 3.29. The van der Waals surface area contributed by atoms with Crippen molar-refractivity contribution in [3.8, 4) is 0 Å². The molecule has 0 saturated carbocycles. The summed E-state index contributed by atoms with van der Waals surface area (Å²) in [5, 5.41) is 6.89. The van der Waals surface area contributed by atoms with Gasteiger partial charge in [-0.1, -0.05) is 55.2 Å². The van der Waals surface area contributed by atoms with Crippen molar-refractivity contribution in [3.63, 3.8) is 0 Å². The maximum atomic E-state index is 13.7. The quantitative estimate of drug-likeness (QED) is 0.695. The number of amides is 3. The molecule has 3 aliphatic heterocycles. The van der Waals surface area contributed by atoms with E-state index in [1.807, 2.05) is 32.0 Å². The van der Waals surface area contributed by atoms with Gasteiger partial charge in [0.05, 0.1) is 22.5 Å². The number of carbonyl (C=O) groups is 3. The fourth-order valence-electron chi connectivity index (χ4n) is 5.16. The average molecular weight is 444 g/mol. The van der Waals surface area contributed by atoms with Crippen LogP contribution in [0.3, 0.4) is 0 Å². The van der Waals surface area contributed by atoms with Gasteiger partial charge >= 0.3 is 0 Å². The summed E-state index contributed by atoms with van der Waals surface area (Å²) >= 11 is 12.4. The number of carbonyl (C=O) groups excluding carboxylic acids is 3. The molecule has 0 bridgehead atoms. The Hall–Kier alpha value is -2.41. The zero-order valence-corrected chi connectivity index (χ0v) is 17.8. The molecular weight excluding hydrogens is 425 g/mol. The SMILES string of the molecule is CC(C)[C@@H]1N[C@]2(C(=O)Nc3ccccc32)[C@H]2C(=O)N(c3cc(Cl)ccc3Cl)C(=O)[C@H]12. The smallest absolute Gasteiger partial charge is 0.250 e. The molecule has 2 aromatic carbocycles. The van der Waals surface area contributed by atoms with Crippen molar-refractivity contribution in [1.29, 1.82) is 0 Å². The van der Waals surface area contributed by atoms with Crippen molar-refractivity contribution in [2.45, 2.75) is 25.4 Å². The van der Waals surface area contributed by atoms with Crippen LogP contribution in [-0.2, 0) is 19.9 Å². The Morgan fingerprint density at radius 2 is 1.77 bits per heavy atom. The van der Waals surface area contributed by atoms with Gasteiger partial charge in [0.25, 0.3) is 0 Å². The van der Waals surface area contributed by atoms with E-state index in [1.54, 1.807) is 18.2 Å². The molecule has 2 aromatic rings. The summed E-state index contributed by atoms with van der Waals surface area (Å²) in [4.78, 5) is 41.7. The number of hydrogen-bond donors (Lipinski definition) is 2. The molecule has 6 nitrogen and oxygen atoms in total. The molecule has 3 amide bonds. The van der Waals surface area contributed by atoms with Crippen molar-refractivity contribution < 1.29 is 14.4 Å². The van der Waals surface area contributed by atoms with E-state index < -0.39 is 23.3 Å². The van der Waals surface area contributed by atoms with Crippen LogP contribution in [0.15, 0.2) is 42.5 Å². The number of anilines is 2.